The lowest BCUT2D eigenvalue weighted by atomic mass is 10.2. The number of hydrogen-bond acceptors (Lipinski definition) is 5. The quantitative estimate of drug-likeness (QED) is 0.771. The highest BCUT2D eigenvalue weighted by atomic mass is 16.6. The monoisotopic (exact) mass is 282 g/mol. The zero-order chi connectivity index (χ0) is 15.1. The molecular formula is C14H18O6. The van der Waals surface area contributed by atoms with E-state index in [0.717, 1.165) is 0 Å². The van der Waals surface area contributed by atoms with Crippen LogP contribution in [0.15, 0.2) is 18.2 Å². The van der Waals surface area contributed by atoms with Crippen LogP contribution in [0.4, 0.5) is 0 Å². The van der Waals surface area contributed by atoms with E-state index in [4.69, 9.17) is 19.3 Å². The first-order valence-electron chi connectivity index (χ1n) is 6.27. The largest absolute Gasteiger partial charge is 0.490 e. The molecule has 6 heteroatoms. The van der Waals surface area contributed by atoms with Crippen LogP contribution in [0.3, 0.4) is 0 Å². The Balaban J connectivity index is 2.90. The summed E-state index contributed by atoms with van der Waals surface area (Å²) < 4.78 is 15.5. The molecule has 0 fully saturated rings. The summed E-state index contributed by atoms with van der Waals surface area (Å²) in [6.07, 6.45) is -0.257. The van der Waals surface area contributed by atoms with Crippen LogP contribution in [0, 0.1) is 0 Å². The van der Waals surface area contributed by atoms with Crippen LogP contribution in [0.1, 0.15) is 31.1 Å². The lowest BCUT2D eigenvalue weighted by Gasteiger charge is -2.14. The van der Waals surface area contributed by atoms with Gasteiger partial charge in [0.2, 0.25) is 0 Å². The van der Waals surface area contributed by atoms with Gasteiger partial charge in [-0.15, -0.1) is 0 Å². The summed E-state index contributed by atoms with van der Waals surface area (Å²) >= 11 is 0. The molecule has 0 aliphatic carbocycles. The molecule has 0 heterocycles. The minimum Gasteiger partial charge on any atom is -0.490 e. The van der Waals surface area contributed by atoms with Crippen molar-refractivity contribution in [2.45, 2.75) is 26.9 Å². The summed E-state index contributed by atoms with van der Waals surface area (Å²) in [6, 6.07) is 4.51. The number of ether oxygens (including phenoxy) is 3. The third-order valence-electron chi connectivity index (χ3n) is 2.21. The summed E-state index contributed by atoms with van der Waals surface area (Å²) in [5.74, 6) is -1.41. The molecule has 0 aromatic heterocycles. The van der Waals surface area contributed by atoms with Crippen LogP contribution >= 0.6 is 0 Å². The topological polar surface area (TPSA) is 82.1 Å². The number of carbonyl (C=O) groups excluding carboxylic acids is 1. The molecule has 0 saturated carbocycles. The second-order valence-electron chi connectivity index (χ2n) is 4.20. The third kappa shape index (κ3) is 4.46. The van der Waals surface area contributed by atoms with Crippen LogP contribution in [-0.2, 0) is 9.53 Å². The fourth-order valence-corrected chi connectivity index (χ4v) is 1.53. The van der Waals surface area contributed by atoms with E-state index in [2.05, 4.69) is 0 Å². The van der Waals surface area contributed by atoms with Gasteiger partial charge in [0.15, 0.2) is 18.1 Å². The Morgan fingerprint density at radius 1 is 1.25 bits per heavy atom. The van der Waals surface area contributed by atoms with Crippen molar-refractivity contribution in [1.29, 1.82) is 0 Å². The number of esters is 1. The molecule has 0 atom stereocenters. The van der Waals surface area contributed by atoms with Gasteiger partial charge in [0.05, 0.1) is 12.7 Å². The molecule has 1 N–H and O–H groups in total. The van der Waals surface area contributed by atoms with Crippen LogP contribution in [0.2, 0.25) is 0 Å². The Morgan fingerprint density at radius 2 is 1.95 bits per heavy atom. The van der Waals surface area contributed by atoms with E-state index in [1.807, 2.05) is 0 Å². The molecule has 20 heavy (non-hydrogen) atoms. The highest BCUT2D eigenvalue weighted by Gasteiger charge is 2.18. The van der Waals surface area contributed by atoms with Gasteiger partial charge in [-0.2, -0.15) is 0 Å². The van der Waals surface area contributed by atoms with Gasteiger partial charge in [-0.25, -0.2) is 9.59 Å². The van der Waals surface area contributed by atoms with E-state index < -0.39 is 11.9 Å². The number of carbonyl (C=O) groups is 2. The summed E-state index contributed by atoms with van der Waals surface area (Å²) in [7, 11) is 0. The molecule has 1 rings (SSSR count). The molecule has 1 aromatic rings. The summed E-state index contributed by atoms with van der Waals surface area (Å²) in [5, 5.41) is 9.12. The maximum atomic E-state index is 11.4. The predicted molar refractivity (Wildman–Crippen MR) is 71.3 cm³/mol. The molecule has 0 aliphatic rings. The first-order valence-corrected chi connectivity index (χ1v) is 6.27. The molecule has 0 bridgehead atoms. The van der Waals surface area contributed by atoms with Crippen molar-refractivity contribution >= 4 is 11.9 Å². The lowest BCUT2D eigenvalue weighted by Crippen LogP contribution is -2.19. The van der Waals surface area contributed by atoms with Gasteiger partial charge < -0.3 is 19.3 Å². The van der Waals surface area contributed by atoms with E-state index in [9.17, 15) is 9.59 Å². The van der Waals surface area contributed by atoms with Crippen molar-refractivity contribution in [3.63, 3.8) is 0 Å². The molecule has 0 aliphatic heterocycles. The first kappa shape index (κ1) is 15.8. The minimum absolute atomic E-state index is 0.0301. The Labute approximate surface area is 117 Å². The lowest BCUT2D eigenvalue weighted by molar-refractivity contribution is -0.149. The molecule has 110 valence electrons. The Morgan fingerprint density at radius 3 is 2.50 bits per heavy atom. The average molecular weight is 282 g/mol. The zero-order valence-electron chi connectivity index (χ0n) is 11.7. The number of aromatic carboxylic acids is 1. The van der Waals surface area contributed by atoms with Gasteiger partial charge in [-0.1, -0.05) is 6.07 Å². The Kier molecular flexibility index (Phi) is 5.83. The molecule has 0 unspecified atom stereocenters. The van der Waals surface area contributed by atoms with Crippen molar-refractivity contribution in [1.82, 2.24) is 0 Å². The number of benzene rings is 1. The Bertz CT molecular complexity index is 481. The van der Waals surface area contributed by atoms with E-state index in [1.54, 1.807) is 32.9 Å². The second kappa shape index (κ2) is 7.37. The highest BCUT2D eigenvalue weighted by molar-refractivity contribution is 5.92. The maximum absolute atomic E-state index is 11.4. The van der Waals surface area contributed by atoms with Gasteiger partial charge in [-0.05, 0) is 32.9 Å². The summed E-state index contributed by atoms with van der Waals surface area (Å²) in [4.78, 5) is 22.6. The van der Waals surface area contributed by atoms with E-state index >= 15 is 0 Å². The molecule has 0 saturated heterocycles. The van der Waals surface area contributed by atoms with Gasteiger partial charge in [-0.3, -0.25) is 0 Å². The fourth-order valence-electron chi connectivity index (χ4n) is 1.53. The maximum Gasteiger partial charge on any atom is 0.344 e. The van der Waals surface area contributed by atoms with E-state index in [-0.39, 0.29) is 29.8 Å². The number of hydrogen-bond donors (Lipinski definition) is 1. The van der Waals surface area contributed by atoms with Crippen molar-refractivity contribution in [3.8, 4) is 11.5 Å². The minimum atomic E-state index is -1.15. The fraction of sp³-hybridized carbons (Fsp3) is 0.429. The van der Waals surface area contributed by atoms with E-state index in [0.29, 0.717) is 6.61 Å². The van der Waals surface area contributed by atoms with Crippen molar-refractivity contribution < 1.29 is 28.9 Å². The van der Waals surface area contributed by atoms with Crippen LogP contribution < -0.4 is 9.47 Å². The molecular weight excluding hydrogens is 264 g/mol. The number of rotatable bonds is 7. The van der Waals surface area contributed by atoms with Crippen molar-refractivity contribution in [2.24, 2.45) is 0 Å². The summed E-state index contributed by atoms with van der Waals surface area (Å²) in [6.45, 7) is 5.19. The normalized spacial score (nSPS) is 10.2. The van der Waals surface area contributed by atoms with Gasteiger partial charge in [0, 0.05) is 0 Å². The second-order valence-corrected chi connectivity index (χ2v) is 4.20. The number of para-hydroxylation sites is 1. The highest BCUT2D eigenvalue weighted by Crippen LogP contribution is 2.31. The van der Waals surface area contributed by atoms with Crippen LogP contribution in [0.25, 0.3) is 0 Å². The molecule has 1 aromatic carbocycles. The average Bonchev–Trinajstić information content (AvgIpc) is 2.36. The predicted octanol–water partition coefficient (Wildman–Crippen LogP) is 2.11. The van der Waals surface area contributed by atoms with Gasteiger partial charge >= 0.3 is 11.9 Å². The smallest absolute Gasteiger partial charge is 0.344 e. The zero-order valence-corrected chi connectivity index (χ0v) is 11.7. The molecule has 6 nitrogen and oxygen atoms in total. The summed E-state index contributed by atoms with van der Waals surface area (Å²) in [5.41, 5.74) is -0.0618. The standard InChI is InChI=1S/C14H18O6/c1-4-18-11-7-5-6-10(14(16)17)13(11)19-8-12(15)20-9(2)3/h5-7,9H,4,8H2,1-3H3,(H,16,17). The number of carboxylic acids is 1. The molecule has 0 spiro atoms. The van der Waals surface area contributed by atoms with Gasteiger partial charge in [0.1, 0.15) is 5.56 Å². The molecule has 0 amide bonds. The Hall–Kier alpha value is -2.24. The SMILES string of the molecule is CCOc1cccc(C(=O)O)c1OCC(=O)OC(C)C. The van der Waals surface area contributed by atoms with Crippen molar-refractivity contribution in [2.75, 3.05) is 13.2 Å². The van der Waals surface area contributed by atoms with Crippen molar-refractivity contribution in [3.05, 3.63) is 23.8 Å². The third-order valence-corrected chi connectivity index (χ3v) is 2.21. The van der Waals surface area contributed by atoms with E-state index in [1.165, 1.54) is 6.07 Å². The van der Waals surface area contributed by atoms with Crippen LogP contribution in [0.5, 0.6) is 11.5 Å². The number of carboxylic acid groups (broad SMARTS) is 1. The first-order chi connectivity index (χ1) is 9.45. The van der Waals surface area contributed by atoms with Crippen LogP contribution in [-0.4, -0.2) is 36.4 Å². The molecule has 0 radical (unpaired) electrons. The van der Waals surface area contributed by atoms with Gasteiger partial charge in [0.25, 0.3) is 0 Å².